The van der Waals surface area contributed by atoms with Gasteiger partial charge in [-0.05, 0) is 57.0 Å². The largest absolute Gasteiger partial charge is 0.418 e. The molecule has 2 N–H and O–H groups in total. The molecule has 1 aromatic carbocycles. The van der Waals surface area contributed by atoms with Gasteiger partial charge in [0.2, 0.25) is 5.95 Å². The molecule has 0 radical (unpaired) electrons. The van der Waals surface area contributed by atoms with Crippen LogP contribution in [0.25, 0.3) is 0 Å². The average Bonchev–Trinajstić information content (AvgIpc) is 2.86. The van der Waals surface area contributed by atoms with Crippen molar-refractivity contribution < 1.29 is 22.3 Å². The molecule has 3 saturated heterocycles. The first-order chi connectivity index (χ1) is 16.9. The summed E-state index contributed by atoms with van der Waals surface area (Å²) >= 11 is 0. The Morgan fingerprint density at radius 3 is 2.60 bits per heavy atom. The van der Waals surface area contributed by atoms with Crippen molar-refractivity contribution in [3.05, 3.63) is 35.8 Å². The second-order valence-electron chi connectivity index (χ2n) is 9.34. The lowest BCUT2D eigenvalue weighted by Gasteiger charge is -2.44. The molecule has 7 nitrogen and oxygen atoms in total. The van der Waals surface area contributed by atoms with Crippen LogP contribution in [0.15, 0.2) is 24.4 Å². The minimum absolute atomic E-state index is 0.0393. The first-order valence-corrected chi connectivity index (χ1v) is 12.2. The summed E-state index contributed by atoms with van der Waals surface area (Å²) < 4.78 is 61.4. The Balaban J connectivity index is 1.35. The fourth-order valence-electron chi connectivity index (χ4n) is 5.38. The Bertz CT molecular complexity index is 1030. The van der Waals surface area contributed by atoms with Crippen LogP contribution in [0, 0.1) is 5.82 Å². The predicted molar refractivity (Wildman–Crippen MR) is 126 cm³/mol. The Kier molecular flexibility index (Phi) is 6.97. The van der Waals surface area contributed by atoms with Crippen molar-refractivity contribution in [2.75, 3.05) is 54.9 Å². The zero-order valence-electron chi connectivity index (χ0n) is 19.5. The number of fused-ring (bicyclic) bond motifs is 1. The number of morpholine rings is 1. The van der Waals surface area contributed by atoms with Crippen LogP contribution in [-0.2, 0) is 10.9 Å². The smallest absolute Gasteiger partial charge is 0.378 e. The lowest BCUT2D eigenvalue weighted by atomic mass is 9.89. The van der Waals surface area contributed by atoms with Gasteiger partial charge in [-0.25, -0.2) is 9.37 Å². The van der Waals surface area contributed by atoms with Gasteiger partial charge in [-0.15, -0.1) is 0 Å². The highest BCUT2D eigenvalue weighted by Gasteiger charge is 2.36. The molecule has 2 aromatic rings. The molecule has 5 rings (SSSR count). The number of nitrogens with zero attached hydrogens (tertiary/aromatic N) is 4. The van der Waals surface area contributed by atoms with Gasteiger partial charge in [0.1, 0.15) is 0 Å². The molecule has 190 valence electrons. The molecular formula is C24H30F4N6O. The SMILES string of the molecule is Fc1cnc(Nc2ccc(N3CCOCC3)c(C(F)(F)F)c2)nc1N[C@@H]1CCCN2CCCC[C@H]12. The highest BCUT2D eigenvalue weighted by Crippen LogP contribution is 2.39. The maximum atomic E-state index is 14.6. The molecule has 3 aliphatic rings. The van der Waals surface area contributed by atoms with Crippen LogP contribution in [0.4, 0.5) is 40.7 Å². The standard InChI is InChI=1S/C24H30F4N6O/c25-18-15-29-23(32-22(18)31-19-4-3-9-33-8-2-1-5-21(19)33)30-16-6-7-20(17(14-16)24(26,27)28)34-10-12-35-13-11-34/h6-7,14-15,19,21H,1-5,8-13H2,(H2,29,30,31,32)/t19-,21-/m1/s1. The minimum Gasteiger partial charge on any atom is -0.378 e. The first-order valence-electron chi connectivity index (χ1n) is 12.2. The van der Waals surface area contributed by atoms with Gasteiger partial charge < -0.3 is 20.3 Å². The lowest BCUT2D eigenvalue weighted by Crippen LogP contribution is -2.53. The van der Waals surface area contributed by atoms with Crippen molar-refractivity contribution in [2.24, 2.45) is 0 Å². The summed E-state index contributed by atoms with van der Waals surface area (Å²) in [5, 5.41) is 6.08. The molecule has 0 bridgehead atoms. The molecule has 3 fully saturated rings. The molecule has 0 saturated carbocycles. The summed E-state index contributed by atoms with van der Waals surface area (Å²) in [5.41, 5.74) is -0.449. The number of aromatic nitrogens is 2. The molecule has 4 heterocycles. The van der Waals surface area contributed by atoms with Crippen LogP contribution in [0.3, 0.4) is 0 Å². The number of halogens is 4. The third kappa shape index (κ3) is 5.45. The summed E-state index contributed by atoms with van der Waals surface area (Å²) in [6, 6.07) is 4.46. The molecule has 0 unspecified atom stereocenters. The summed E-state index contributed by atoms with van der Waals surface area (Å²) in [7, 11) is 0. The monoisotopic (exact) mass is 494 g/mol. The summed E-state index contributed by atoms with van der Waals surface area (Å²) in [4.78, 5) is 12.4. The van der Waals surface area contributed by atoms with E-state index in [9.17, 15) is 17.6 Å². The van der Waals surface area contributed by atoms with E-state index >= 15 is 0 Å². The Morgan fingerprint density at radius 1 is 1.00 bits per heavy atom. The number of hydrogen-bond donors (Lipinski definition) is 2. The number of alkyl halides is 3. The van der Waals surface area contributed by atoms with Gasteiger partial charge in [0.05, 0.1) is 25.0 Å². The third-order valence-electron chi connectivity index (χ3n) is 7.07. The zero-order chi connectivity index (χ0) is 24.4. The van der Waals surface area contributed by atoms with E-state index in [0.717, 1.165) is 51.0 Å². The molecule has 3 aliphatic heterocycles. The van der Waals surface area contributed by atoms with E-state index in [-0.39, 0.29) is 29.2 Å². The van der Waals surface area contributed by atoms with Crippen molar-refractivity contribution in [1.29, 1.82) is 0 Å². The van der Waals surface area contributed by atoms with Crippen molar-refractivity contribution in [3.8, 4) is 0 Å². The quantitative estimate of drug-likeness (QED) is 0.587. The number of hydrogen-bond acceptors (Lipinski definition) is 7. The van der Waals surface area contributed by atoms with Crippen LogP contribution in [-0.4, -0.2) is 66.3 Å². The molecule has 1 aromatic heterocycles. The summed E-state index contributed by atoms with van der Waals surface area (Å²) in [6.45, 7) is 3.68. The van der Waals surface area contributed by atoms with Crippen LogP contribution >= 0.6 is 0 Å². The fourth-order valence-corrected chi connectivity index (χ4v) is 5.38. The molecule has 35 heavy (non-hydrogen) atoms. The van der Waals surface area contributed by atoms with Crippen LogP contribution in [0.1, 0.15) is 37.7 Å². The van der Waals surface area contributed by atoms with Crippen molar-refractivity contribution in [3.63, 3.8) is 0 Å². The second-order valence-corrected chi connectivity index (χ2v) is 9.34. The van der Waals surface area contributed by atoms with Crippen LogP contribution in [0.2, 0.25) is 0 Å². The second kappa shape index (κ2) is 10.1. The predicted octanol–water partition coefficient (Wildman–Crippen LogP) is 4.64. The van der Waals surface area contributed by atoms with Crippen LogP contribution < -0.4 is 15.5 Å². The van der Waals surface area contributed by atoms with E-state index in [1.54, 1.807) is 11.0 Å². The Hall–Kier alpha value is -2.66. The number of piperidine rings is 2. The van der Waals surface area contributed by atoms with Gasteiger partial charge in [0.25, 0.3) is 0 Å². The normalized spacial score (nSPS) is 23.6. The maximum Gasteiger partial charge on any atom is 0.418 e. The number of rotatable bonds is 5. The van der Waals surface area contributed by atoms with Crippen LogP contribution in [0.5, 0.6) is 0 Å². The van der Waals surface area contributed by atoms with E-state index in [1.807, 2.05) is 0 Å². The highest BCUT2D eigenvalue weighted by molar-refractivity contribution is 5.65. The summed E-state index contributed by atoms with van der Waals surface area (Å²) in [5.74, 6) is -0.472. The van der Waals surface area contributed by atoms with E-state index in [0.29, 0.717) is 32.3 Å². The Morgan fingerprint density at radius 2 is 1.80 bits per heavy atom. The summed E-state index contributed by atoms with van der Waals surface area (Å²) in [6.07, 6.45) is 1.86. The molecule has 0 aliphatic carbocycles. The van der Waals surface area contributed by atoms with Crippen molar-refractivity contribution in [1.82, 2.24) is 14.9 Å². The molecule has 0 spiro atoms. The van der Waals surface area contributed by atoms with Gasteiger partial charge >= 0.3 is 6.18 Å². The molecular weight excluding hydrogens is 464 g/mol. The zero-order valence-corrected chi connectivity index (χ0v) is 19.5. The molecule has 0 amide bonds. The van der Waals surface area contributed by atoms with Gasteiger partial charge in [0.15, 0.2) is 11.6 Å². The highest BCUT2D eigenvalue weighted by atomic mass is 19.4. The van der Waals surface area contributed by atoms with E-state index in [2.05, 4.69) is 25.5 Å². The number of ether oxygens (including phenoxy) is 1. The van der Waals surface area contributed by atoms with Crippen molar-refractivity contribution >= 4 is 23.1 Å². The third-order valence-corrected chi connectivity index (χ3v) is 7.07. The first kappa shape index (κ1) is 24.1. The molecule has 11 heteroatoms. The van der Waals surface area contributed by atoms with Crippen molar-refractivity contribution in [2.45, 2.75) is 50.4 Å². The average molecular weight is 495 g/mol. The van der Waals surface area contributed by atoms with Gasteiger partial charge in [0, 0.05) is 36.5 Å². The van der Waals surface area contributed by atoms with E-state index in [4.69, 9.17) is 4.74 Å². The van der Waals surface area contributed by atoms with Gasteiger partial charge in [-0.1, -0.05) is 6.42 Å². The molecule has 2 atom stereocenters. The minimum atomic E-state index is -4.53. The maximum absolute atomic E-state index is 14.6. The van der Waals surface area contributed by atoms with E-state index < -0.39 is 17.6 Å². The topological polar surface area (TPSA) is 65.5 Å². The number of anilines is 4. The van der Waals surface area contributed by atoms with Gasteiger partial charge in [-0.2, -0.15) is 18.2 Å². The lowest BCUT2D eigenvalue weighted by molar-refractivity contribution is -0.137. The number of benzene rings is 1. The fraction of sp³-hybridized carbons (Fsp3) is 0.583. The van der Waals surface area contributed by atoms with E-state index in [1.165, 1.54) is 12.5 Å². The Labute approximate surface area is 201 Å². The van der Waals surface area contributed by atoms with Gasteiger partial charge in [-0.3, -0.25) is 4.90 Å². The number of nitrogens with one attached hydrogen (secondary N) is 2.